The minimum Gasteiger partial charge on any atom is -0.304 e. The Morgan fingerprint density at radius 2 is 1.90 bits per heavy atom. The van der Waals surface area contributed by atoms with Gasteiger partial charge in [0, 0.05) is 6.04 Å². The van der Waals surface area contributed by atoms with E-state index >= 15 is 0 Å². The highest BCUT2D eigenvalue weighted by atomic mass is 15.1. The van der Waals surface area contributed by atoms with Gasteiger partial charge in [-0.25, -0.2) is 0 Å². The molecule has 0 N–H and O–H groups in total. The van der Waals surface area contributed by atoms with Crippen LogP contribution in [0.1, 0.15) is 40.0 Å². The van der Waals surface area contributed by atoms with E-state index in [-0.39, 0.29) is 0 Å². The van der Waals surface area contributed by atoms with E-state index in [1.54, 1.807) is 0 Å². The monoisotopic (exact) mass is 143 g/mol. The Morgan fingerprint density at radius 1 is 1.30 bits per heavy atom. The van der Waals surface area contributed by atoms with Gasteiger partial charge >= 0.3 is 0 Å². The van der Waals surface area contributed by atoms with Crippen LogP contribution in [0, 0.1) is 0 Å². The fraction of sp³-hybridized carbons (Fsp3) is 1.00. The third kappa shape index (κ3) is 3.89. The van der Waals surface area contributed by atoms with Crippen LogP contribution in [0.3, 0.4) is 0 Å². The molecule has 0 saturated heterocycles. The normalized spacial score (nSPS) is 14.1. The predicted molar refractivity (Wildman–Crippen MR) is 47.3 cm³/mol. The molecule has 0 rings (SSSR count). The van der Waals surface area contributed by atoms with Crippen molar-refractivity contribution in [3.8, 4) is 0 Å². The van der Waals surface area contributed by atoms with Crippen LogP contribution >= 0.6 is 0 Å². The number of hydrogen-bond donors (Lipinski definition) is 0. The molecule has 0 aliphatic carbocycles. The molecule has 1 nitrogen and oxygen atoms in total. The fourth-order valence-electron chi connectivity index (χ4n) is 1.03. The molecule has 10 heavy (non-hydrogen) atoms. The Balaban J connectivity index is 3.31. The van der Waals surface area contributed by atoms with Gasteiger partial charge in [-0.2, -0.15) is 0 Å². The molecule has 0 aromatic heterocycles. The van der Waals surface area contributed by atoms with Crippen LogP contribution in [0.4, 0.5) is 0 Å². The van der Waals surface area contributed by atoms with Crippen molar-refractivity contribution in [1.82, 2.24) is 4.90 Å². The average molecular weight is 143 g/mol. The van der Waals surface area contributed by atoms with Gasteiger partial charge in [-0.3, -0.25) is 0 Å². The molecular formula is C9H21N. The quantitative estimate of drug-likeness (QED) is 0.571. The van der Waals surface area contributed by atoms with Crippen molar-refractivity contribution < 1.29 is 0 Å². The smallest absolute Gasteiger partial charge is 0.00637 e. The summed E-state index contributed by atoms with van der Waals surface area (Å²) in [7, 11) is 2.19. The van der Waals surface area contributed by atoms with Gasteiger partial charge in [0.15, 0.2) is 0 Å². The summed E-state index contributed by atoms with van der Waals surface area (Å²) >= 11 is 0. The molecule has 0 aromatic carbocycles. The largest absolute Gasteiger partial charge is 0.304 e. The summed E-state index contributed by atoms with van der Waals surface area (Å²) in [4.78, 5) is 2.40. The Bertz CT molecular complexity index is 71.1. The second-order valence-electron chi connectivity index (χ2n) is 3.06. The second kappa shape index (κ2) is 5.72. The molecule has 1 heteroatoms. The van der Waals surface area contributed by atoms with E-state index in [1.807, 2.05) is 0 Å². The Morgan fingerprint density at radius 3 is 2.30 bits per heavy atom. The van der Waals surface area contributed by atoms with Gasteiger partial charge in [0.25, 0.3) is 0 Å². The first-order valence-electron chi connectivity index (χ1n) is 4.42. The molecule has 0 bridgehead atoms. The highest BCUT2D eigenvalue weighted by molar-refractivity contribution is 4.60. The molecule has 1 atom stereocenters. The van der Waals surface area contributed by atoms with Gasteiger partial charge in [-0.15, -0.1) is 0 Å². The van der Waals surface area contributed by atoms with E-state index in [2.05, 4.69) is 32.7 Å². The van der Waals surface area contributed by atoms with Crippen molar-refractivity contribution in [3.63, 3.8) is 0 Å². The molecule has 0 fully saturated rings. The maximum Gasteiger partial charge on any atom is 0.00637 e. The molecule has 0 unspecified atom stereocenters. The van der Waals surface area contributed by atoms with Crippen LogP contribution < -0.4 is 0 Å². The van der Waals surface area contributed by atoms with Crippen LogP contribution in [0.25, 0.3) is 0 Å². The minimum absolute atomic E-state index is 0.768. The summed E-state index contributed by atoms with van der Waals surface area (Å²) in [6.45, 7) is 7.94. The van der Waals surface area contributed by atoms with E-state index in [1.165, 1.54) is 25.8 Å². The van der Waals surface area contributed by atoms with Crippen molar-refractivity contribution in [2.75, 3.05) is 13.6 Å². The summed E-state index contributed by atoms with van der Waals surface area (Å²) in [5.74, 6) is 0. The van der Waals surface area contributed by atoms with Gasteiger partial charge in [-0.1, -0.05) is 26.7 Å². The van der Waals surface area contributed by atoms with E-state index in [4.69, 9.17) is 0 Å². The number of unbranched alkanes of at least 4 members (excludes halogenated alkanes) is 1. The van der Waals surface area contributed by atoms with Gasteiger partial charge in [-0.05, 0) is 26.9 Å². The highest BCUT2D eigenvalue weighted by Gasteiger charge is 2.04. The van der Waals surface area contributed by atoms with Crippen LogP contribution in [0.15, 0.2) is 0 Å². The molecule has 0 radical (unpaired) electrons. The maximum absolute atomic E-state index is 2.40. The molecule has 0 aliphatic heterocycles. The van der Waals surface area contributed by atoms with Crippen LogP contribution in [-0.4, -0.2) is 24.5 Å². The van der Waals surface area contributed by atoms with Gasteiger partial charge in [0.05, 0.1) is 0 Å². The third-order valence-electron chi connectivity index (χ3n) is 2.23. The first-order chi connectivity index (χ1) is 4.72. The van der Waals surface area contributed by atoms with Gasteiger partial charge < -0.3 is 4.90 Å². The zero-order valence-corrected chi connectivity index (χ0v) is 7.85. The maximum atomic E-state index is 2.40. The zero-order valence-electron chi connectivity index (χ0n) is 7.85. The minimum atomic E-state index is 0.768. The third-order valence-corrected chi connectivity index (χ3v) is 2.23. The topological polar surface area (TPSA) is 3.24 Å². The SMILES string of the molecule is CCCC[C@H](C)N(C)CC. The summed E-state index contributed by atoms with van der Waals surface area (Å²) in [6, 6.07) is 0.768. The lowest BCUT2D eigenvalue weighted by molar-refractivity contribution is 0.254. The lowest BCUT2D eigenvalue weighted by Crippen LogP contribution is -2.28. The van der Waals surface area contributed by atoms with Crippen LogP contribution in [0.2, 0.25) is 0 Å². The molecule has 0 heterocycles. The molecule has 0 aliphatic rings. The first kappa shape index (κ1) is 9.96. The summed E-state index contributed by atoms with van der Waals surface area (Å²) in [5.41, 5.74) is 0. The Labute approximate surface area is 65.4 Å². The van der Waals surface area contributed by atoms with Crippen molar-refractivity contribution in [1.29, 1.82) is 0 Å². The second-order valence-corrected chi connectivity index (χ2v) is 3.06. The fourth-order valence-corrected chi connectivity index (χ4v) is 1.03. The van der Waals surface area contributed by atoms with E-state index in [0.717, 1.165) is 6.04 Å². The highest BCUT2D eigenvalue weighted by Crippen LogP contribution is 2.04. The lowest BCUT2D eigenvalue weighted by Gasteiger charge is -2.22. The summed E-state index contributed by atoms with van der Waals surface area (Å²) < 4.78 is 0. The number of nitrogens with zero attached hydrogens (tertiary/aromatic N) is 1. The van der Waals surface area contributed by atoms with E-state index in [9.17, 15) is 0 Å². The standard InChI is InChI=1S/C9H21N/c1-5-7-8-9(3)10(4)6-2/h9H,5-8H2,1-4H3/t9-/m0/s1. The van der Waals surface area contributed by atoms with Gasteiger partial charge in [0.1, 0.15) is 0 Å². The van der Waals surface area contributed by atoms with Crippen molar-refractivity contribution in [2.45, 2.75) is 46.1 Å². The lowest BCUT2D eigenvalue weighted by atomic mass is 10.1. The Kier molecular flexibility index (Phi) is 5.70. The molecule has 0 amide bonds. The van der Waals surface area contributed by atoms with Crippen molar-refractivity contribution in [2.24, 2.45) is 0 Å². The zero-order chi connectivity index (χ0) is 7.98. The number of hydrogen-bond acceptors (Lipinski definition) is 1. The first-order valence-corrected chi connectivity index (χ1v) is 4.42. The van der Waals surface area contributed by atoms with Gasteiger partial charge in [0.2, 0.25) is 0 Å². The summed E-state index contributed by atoms with van der Waals surface area (Å²) in [5, 5.41) is 0. The van der Waals surface area contributed by atoms with E-state index in [0.29, 0.717) is 0 Å². The van der Waals surface area contributed by atoms with Crippen molar-refractivity contribution in [3.05, 3.63) is 0 Å². The predicted octanol–water partition coefficient (Wildman–Crippen LogP) is 2.52. The average Bonchev–Trinajstić information content (AvgIpc) is 1.98. The Hall–Kier alpha value is -0.0400. The molecule has 62 valence electrons. The molecule has 0 saturated carbocycles. The molecule has 0 spiro atoms. The van der Waals surface area contributed by atoms with Crippen LogP contribution in [-0.2, 0) is 0 Å². The summed E-state index contributed by atoms with van der Waals surface area (Å²) in [6.07, 6.45) is 4.04. The van der Waals surface area contributed by atoms with Crippen LogP contribution in [0.5, 0.6) is 0 Å². The number of rotatable bonds is 5. The molecular weight excluding hydrogens is 122 g/mol. The van der Waals surface area contributed by atoms with E-state index < -0.39 is 0 Å². The molecule has 0 aromatic rings. The van der Waals surface area contributed by atoms with Crippen molar-refractivity contribution >= 4 is 0 Å².